The van der Waals surface area contributed by atoms with Gasteiger partial charge in [-0.25, -0.2) is 0 Å². The molecule has 0 nitrogen and oxygen atoms in total. The summed E-state index contributed by atoms with van der Waals surface area (Å²) in [5.41, 5.74) is 1.54. The first-order chi connectivity index (χ1) is 7.54. The molecule has 3 saturated carbocycles. The highest BCUT2D eigenvalue weighted by Gasteiger charge is 2.84. The van der Waals surface area contributed by atoms with Crippen LogP contribution in [0.15, 0.2) is 0 Å². The zero-order valence-corrected chi connectivity index (χ0v) is 11.7. The summed E-state index contributed by atoms with van der Waals surface area (Å²) in [7, 11) is 0. The second-order valence-corrected chi connectivity index (χ2v) is 7.26. The van der Waals surface area contributed by atoms with Crippen LogP contribution >= 0.6 is 0 Å². The summed E-state index contributed by atoms with van der Waals surface area (Å²) < 4.78 is 0. The fourth-order valence-corrected chi connectivity index (χ4v) is 6.18. The molecule has 16 heavy (non-hydrogen) atoms. The fraction of sp³-hybridized carbons (Fsp3) is 1.00. The molecule has 0 bridgehead atoms. The van der Waals surface area contributed by atoms with Gasteiger partial charge in [-0.2, -0.15) is 0 Å². The van der Waals surface area contributed by atoms with E-state index in [0.29, 0.717) is 0 Å². The van der Waals surface area contributed by atoms with Crippen molar-refractivity contribution < 1.29 is 0 Å². The van der Waals surface area contributed by atoms with Crippen LogP contribution in [0.3, 0.4) is 0 Å². The van der Waals surface area contributed by atoms with E-state index in [0.717, 1.165) is 40.4 Å². The average Bonchev–Trinajstić information content (AvgIpc) is 3.08. The zero-order valence-electron chi connectivity index (χ0n) is 11.7. The Hall–Kier alpha value is 0. The lowest BCUT2D eigenvalue weighted by Crippen LogP contribution is -2.41. The van der Waals surface area contributed by atoms with Crippen LogP contribution in [0.25, 0.3) is 0 Å². The third kappa shape index (κ3) is 0.946. The average molecular weight is 220 g/mol. The van der Waals surface area contributed by atoms with Crippen molar-refractivity contribution in [1.29, 1.82) is 0 Å². The van der Waals surface area contributed by atoms with Gasteiger partial charge in [0.25, 0.3) is 0 Å². The van der Waals surface area contributed by atoms with E-state index in [1.807, 2.05) is 0 Å². The predicted octanol–water partition coefficient (Wildman–Crippen LogP) is 4.74. The molecular formula is C16H28. The number of rotatable bonds is 3. The summed E-state index contributed by atoms with van der Waals surface area (Å²) in [6, 6.07) is 0. The minimum atomic E-state index is 0.728. The lowest BCUT2D eigenvalue weighted by molar-refractivity contribution is 0.00570. The molecule has 0 heterocycles. The molecule has 3 aliphatic carbocycles. The van der Waals surface area contributed by atoms with E-state index in [1.54, 1.807) is 6.42 Å². The summed E-state index contributed by atoms with van der Waals surface area (Å²) >= 11 is 0. The second kappa shape index (κ2) is 3.06. The molecule has 0 N–H and O–H groups in total. The molecular weight excluding hydrogens is 192 g/mol. The molecule has 0 aromatic rings. The Morgan fingerprint density at radius 2 is 1.81 bits per heavy atom. The van der Waals surface area contributed by atoms with Crippen molar-refractivity contribution in [3.05, 3.63) is 0 Å². The quantitative estimate of drug-likeness (QED) is 0.644. The van der Waals surface area contributed by atoms with Gasteiger partial charge in [-0.05, 0) is 53.3 Å². The minimum Gasteiger partial charge on any atom is -0.0651 e. The summed E-state index contributed by atoms with van der Waals surface area (Å²) in [6.07, 6.45) is 5.92. The highest BCUT2D eigenvalue weighted by molar-refractivity contribution is 5.32. The molecule has 1 spiro atoms. The molecule has 92 valence electrons. The molecule has 0 radical (unpaired) electrons. The smallest absolute Gasteiger partial charge is 0.0176 e. The van der Waals surface area contributed by atoms with Crippen LogP contribution in [0.4, 0.5) is 0 Å². The normalized spacial score (nSPS) is 63.2. The van der Waals surface area contributed by atoms with Gasteiger partial charge in [0.2, 0.25) is 0 Å². The molecule has 3 aliphatic rings. The van der Waals surface area contributed by atoms with E-state index < -0.39 is 0 Å². The lowest BCUT2D eigenvalue weighted by Gasteiger charge is -2.48. The zero-order chi connectivity index (χ0) is 11.7. The maximum absolute atomic E-state index is 2.64. The molecule has 3 fully saturated rings. The lowest BCUT2D eigenvalue weighted by atomic mass is 9.57. The molecule has 0 amide bonds. The van der Waals surface area contributed by atoms with Crippen LogP contribution in [-0.2, 0) is 0 Å². The van der Waals surface area contributed by atoms with Crippen molar-refractivity contribution >= 4 is 0 Å². The Bertz CT molecular complexity index is 307. The van der Waals surface area contributed by atoms with Gasteiger partial charge in [-0.3, -0.25) is 0 Å². The molecule has 0 aromatic carbocycles. The van der Waals surface area contributed by atoms with Crippen molar-refractivity contribution in [2.24, 2.45) is 40.4 Å². The van der Waals surface area contributed by atoms with E-state index in [9.17, 15) is 0 Å². The van der Waals surface area contributed by atoms with E-state index in [2.05, 4.69) is 34.6 Å². The summed E-state index contributed by atoms with van der Waals surface area (Å²) in [4.78, 5) is 0. The first kappa shape index (κ1) is 11.1. The van der Waals surface area contributed by atoms with Gasteiger partial charge in [0, 0.05) is 0 Å². The third-order valence-electron chi connectivity index (χ3n) is 7.25. The van der Waals surface area contributed by atoms with Gasteiger partial charge in [0.15, 0.2) is 0 Å². The maximum Gasteiger partial charge on any atom is -0.0176 e. The van der Waals surface area contributed by atoms with E-state index in [-0.39, 0.29) is 0 Å². The Balaban J connectivity index is 1.81. The van der Waals surface area contributed by atoms with Gasteiger partial charge >= 0.3 is 0 Å². The summed E-state index contributed by atoms with van der Waals surface area (Å²) in [5.74, 6) is 5.23. The number of hydrogen-bond donors (Lipinski definition) is 0. The fourth-order valence-electron chi connectivity index (χ4n) is 6.18. The van der Waals surface area contributed by atoms with Crippen LogP contribution in [0.2, 0.25) is 0 Å². The third-order valence-corrected chi connectivity index (χ3v) is 7.25. The Labute approximate surface area is 101 Å². The monoisotopic (exact) mass is 220 g/mol. The minimum absolute atomic E-state index is 0.728. The highest BCUT2D eigenvalue weighted by atomic mass is 14.9. The van der Waals surface area contributed by atoms with Crippen LogP contribution in [0.5, 0.6) is 0 Å². The Morgan fingerprint density at radius 3 is 2.25 bits per heavy atom. The van der Waals surface area contributed by atoms with Crippen LogP contribution < -0.4 is 0 Å². The van der Waals surface area contributed by atoms with Gasteiger partial charge in [-0.15, -0.1) is 0 Å². The van der Waals surface area contributed by atoms with E-state index in [4.69, 9.17) is 0 Å². The van der Waals surface area contributed by atoms with E-state index in [1.165, 1.54) is 19.3 Å². The van der Waals surface area contributed by atoms with Crippen molar-refractivity contribution in [2.75, 3.05) is 0 Å². The van der Waals surface area contributed by atoms with Crippen LogP contribution in [0, 0.1) is 40.4 Å². The topological polar surface area (TPSA) is 0 Å². The number of hydrogen-bond acceptors (Lipinski definition) is 0. The molecule has 7 atom stereocenters. The standard InChI is InChI=1S/C16H28/c1-6-12-8-10(3)14(12)15(5)11(4)16(15)9-13(16)7-2/h10-14H,6-9H2,1-5H3. The second-order valence-electron chi connectivity index (χ2n) is 7.26. The van der Waals surface area contributed by atoms with Crippen molar-refractivity contribution in [3.63, 3.8) is 0 Å². The van der Waals surface area contributed by atoms with Gasteiger partial charge < -0.3 is 0 Å². The van der Waals surface area contributed by atoms with Gasteiger partial charge in [0.1, 0.15) is 0 Å². The highest BCUT2D eigenvalue weighted by Crippen LogP contribution is 2.90. The first-order valence-electron chi connectivity index (χ1n) is 7.54. The van der Waals surface area contributed by atoms with Crippen molar-refractivity contribution in [2.45, 2.75) is 60.3 Å². The van der Waals surface area contributed by atoms with Crippen LogP contribution in [0.1, 0.15) is 60.3 Å². The Kier molecular flexibility index (Phi) is 2.12. The van der Waals surface area contributed by atoms with E-state index >= 15 is 0 Å². The van der Waals surface area contributed by atoms with Crippen molar-refractivity contribution in [1.82, 2.24) is 0 Å². The molecule has 3 rings (SSSR count). The molecule has 0 saturated heterocycles. The summed E-state index contributed by atoms with van der Waals surface area (Å²) in [5, 5.41) is 0. The molecule has 0 aliphatic heterocycles. The first-order valence-corrected chi connectivity index (χ1v) is 7.54. The SMILES string of the molecule is CCC1CC(C)C1C1(C)C(C)C12CC2CC. The molecule has 7 unspecified atom stereocenters. The summed E-state index contributed by atoms with van der Waals surface area (Å²) in [6.45, 7) is 12.5. The van der Waals surface area contributed by atoms with Gasteiger partial charge in [0.05, 0.1) is 0 Å². The Morgan fingerprint density at radius 1 is 1.12 bits per heavy atom. The molecule has 0 aromatic heterocycles. The maximum atomic E-state index is 2.64. The van der Waals surface area contributed by atoms with Gasteiger partial charge in [-0.1, -0.05) is 47.5 Å². The molecule has 0 heteroatoms. The predicted molar refractivity (Wildman–Crippen MR) is 69.2 cm³/mol. The largest absolute Gasteiger partial charge is 0.0651 e. The van der Waals surface area contributed by atoms with Crippen molar-refractivity contribution in [3.8, 4) is 0 Å². The van der Waals surface area contributed by atoms with Crippen LogP contribution in [-0.4, -0.2) is 0 Å².